The average molecular weight is 662 g/mol. The second-order valence-corrected chi connectivity index (χ2v) is 43.4. The molecule has 2 rings (SSSR count). The van der Waals surface area contributed by atoms with Gasteiger partial charge < -0.3 is 0 Å². The number of halogens is 2. The molecule has 0 fully saturated rings. The standard InChI is InChI=1S/C20H24I2OTe/c1-12-7-14(3)19(15(4)8-12)18(23)11-24(21,22)20-16(5)9-13(2)10-17(20)6/h7-10H,11H2,1-6H3. The van der Waals surface area contributed by atoms with Gasteiger partial charge in [0.1, 0.15) is 0 Å². The summed E-state index contributed by atoms with van der Waals surface area (Å²) in [7, 11) is -2.52. The first-order valence-electron chi connectivity index (χ1n) is 7.92. The van der Waals surface area contributed by atoms with Crippen molar-refractivity contribution in [1.29, 1.82) is 0 Å². The maximum atomic E-state index is 13.1. The monoisotopic (exact) mass is 664 g/mol. The van der Waals surface area contributed by atoms with Crippen LogP contribution in [0.25, 0.3) is 0 Å². The number of hydrogen-bond donors (Lipinski definition) is 0. The summed E-state index contributed by atoms with van der Waals surface area (Å²) in [6.07, 6.45) is 0. The molecule has 4 heteroatoms. The number of carbonyl (C=O) groups excluding carboxylic acids is 1. The van der Waals surface area contributed by atoms with Crippen LogP contribution in [-0.4, -0.2) is 16.1 Å². The van der Waals surface area contributed by atoms with Crippen LogP contribution in [0.5, 0.6) is 0 Å². The Morgan fingerprint density at radius 2 is 1.17 bits per heavy atom. The fourth-order valence-electron chi connectivity index (χ4n) is 3.57. The predicted octanol–water partition coefficient (Wildman–Crippen LogP) is 5.94. The van der Waals surface area contributed by atoms with Gasteiger partial charge in [0.2, 0.25) is 0 Å². The number of ketones is 1. The van der Waals surface area contributed by atoms with Gasteiger partial charge in [0.15, 0.2) is 0 Å². The molecule has 24 heavy (non-hydrogen) atoms. The Labute approximate surface area is 169 Å². The van der Waals surface area contributed by atoms with Gasteiger partial charge in [-0.15, -0.1) is 0 Å². The Hall–Kier alpha value is 0.360. The minimum atomic E-state index is -2.52. The molecule has 0 N–H and O–H groups in total. The fourth-order valence-corrected chi connectivity index (χ4v) is 21.5. The van der Waals surface area contributed by atoms with E-state index in [4.69, 9.17) is 0 Å². The van der Waals surface area contributed by atoms with E-state index in [-0.39, 0.29) is 0 Å². The second-order valence-electron chi connectivity index (χ2n) is 6.64. The molecule has 1 nitrogen and oxygen atoms in total. The summed E-state index contributed by atoms with van der Waals surface area (Å²) in [6.45, 7) is 12.7. The summed E-state index contributed by atoms with van der Waals surface area (Å²) in [5.74, 6) is 0.314. The summed E-state index contributed by atoms with van der Waals surface area (Å²) in [4.78, 5) is 13.1. The van der Waals surface area contributed by atoms with Crippen molar-refractivity contribution in [3.63, 3.8) is 0 Å². The Balaban J connectivity index is 2.42. The van der Waals surface area contributed by atoms with Crippen molar-refractivity contribution >= 4 is 57.1 Å². The molecule has 0 aromatic heterocycles. The van der Waals surface area contributed by atoms with Crippen molar-refractivity contribution in [1.82, 2.24) is 0 Å². The van der Waals surface area contributed by atoms with Crippen LogP contribution in [0, 0.1) is 41.5 Å². The molecule has 0 aliphatic heterocycles. The minimum absolute atomic E-state index is 0.314. The van der Waals surface area contributed by atoms with Crippen LogP contribution >= 0.6 is 37.4 Å². The van der Waals surface area contributed by atoms with Gasteiger partial charge in [-0.3, -0.25) is 0 Å². The first kappa shape index (κ1) is 20.7. The van der Waals surface area contributed by atoms with E-state index in [0.717, 1.165) is 16.7 Å². The normalized spacial score (nSPS) is 12.3. The van der Waals surface area contributed by atoms with E-state index in [1.54, 1.807) is 0 Å². The quantitative estimate of drug-likeness (QED) is 0.225. The molecule has 0 bridgehead atoms. The Kier molecular flexibility index (Phi) is 6.84. The van der Waals surface area contributed by atoms with Gasteiger partial charge in [0.05, 0.1) is 0 Å². The van der Waals surface area contributed by atoms with Gasteiger partial charge in [-0.25, -0.2) is 0 Å². The van der Waals surface area contributed by atoms with E-state index in [1.807, 2.05) is 0 Å². The second kappa shape index (κ2) is 7.94. The third kappa shape index (κ3) is 4.55. The predicted molar refractivity (Wildman–Crippen MR) is 124 cm³/mol. The molecule has 0 radical (unpaired) electrons. The Bertz CT molecular complexity index is 763. The van der Waals surface area contributed by atoms with Gasteiger partial charge in [-0.1, -0.05) is 0 Å². The molecule has 2 aromatic rings. The number of rotatable bonds is 4. The molecule has 2 aromatic carbocycles. The molecule has 0 unspecified atom stereocenters. The summed E-state index contributed by atoms with van der Waals surface area (Å²) in [5, 5.41) is 0. The third-order valence-corrected chi connectivity index (χ3v) is 19.6. The van der Waals surface area contributed by atoms with E-state index in [9.17, 15) is 4.79 Å². The van der Waals surface area contributed by atoms with Crippen molar-refractivity contribution in [3.05, 3.63) is 63.2 Å². The molecular weight excluding hydrogens is 638 g/mol. The van der Waals surface area contributed by atoms with E-state index in [2.05, 4.69) is 103 Å². The topological polar surface area (TPSA) is 17.1 Å². The molecule has 0 aliphatic rings. The third-order valence-electron chi connectivity index (χ3n) is 4.17. The zero-order valence-electron chi connectivity index (χ0n) is 15.1. The Morgan fingerprint density at radius 1 is 0.792 bits per heavy atom. The molecule has 0 heterocycles. The van der Waals surface area contributed by atoms with Gasteiger partial charge in [0, 0.05) is 0 Å². The summed E-state index contributed by atoms with van der Waals surface area (Å²) < 4.78 is 2.17. The molecule has 0 amide bonds. The fraction of sp³-hybridized carbons (Fsp3) is 0.350. The number of carbonyl (C=O) groups is 1. The molecule has 130 valence electrons. The van der Waals surface area contributed by atoms with Crippen LogP contribution in [0.1, 0.15) is 43.7 Å². The summed E-state index contributed by atoms with van der Waals surface area (Å²) in [5.41, 5.74) is 8.39. The van der Waals surface area contributed by atoms with Crippen LogP contribution in [0.4, 0.5) is 0 Å². The SMILES string of the molecule is Cc1cc(C)c(C(=O)C[Te](I)(I)c2c(C)cc(C)cc2C)c(C)c1. The number of aryl methyl sites for hydroxylation is 6. The zero-order valence-corrected chi connectivity index (χ0v) is 21.7. The van der Waals surface area contributed by atoms with E-state index in [1.165, 1.54) is 25.9 Å². The van der Waals surface area contributed by atoms with Gasteiger partial charge >= 0.3 is 171 Å². The van der Waals surface area contributed by atoms with Crippen LogP contribution < -0.4 is 3.61 Å². The summed E-state index contributed by atoms with van der Waals surface area (Å²) >= 11 is 5.26. The van der Waals surface area contributed by atoms with Crippen LogP contribution in [-0.2, 0) is 0 Å². The first-order valence-corrected chi connectivity index (χ1v) is 24.3. The molecule has 0 spiro atoms. The first-order chi connectivity index (χ1) is 11.0. The van der Waals surface area contributed by atoms with Gasteiger partial charge in [-0.2, -0.15) is 0 Å². The Morgan fingerprint density at radius 3 is 1.58 bits per heavy atom. The van der Waals surface area contributed by atoms with E-state index >= 15 is 0 Å². The van der Waals surface area contributed by atoms with Crippen molar-refractivity contribution in [3.8, 4) is 0 Å². The zero-order chi connectivity index (χ0) is 18.2. The van der Waals surface area contributed by atoms with Crippen LogP contribution in [0.2, 0.25) is 4.47 Å². The summed E-state index contributed by atoms with van der Waals surface area (Å²) in [6, 6.07) is 8.76. The molecular formula is C20H24I2OTe. The van der Waals surface area contributed by atoms with E-state index < -0.39 is 10.3 Å². The molecule has 0 aliphatic carbocycles. The maximum absolute atomic E-state index is 13.1. The average Bonchev–Trinajstić information content (AvgIpc) is 2.33. The van der Waals surface area contributed by atoms with Crippen molar-refractivity contribution in [2.75, 3.05) is 0 Å². The number of hydrogen-bond acceptors (Lipinski definition) is 1. The van der Waals surface area contributed by atoms with Crippen molar-refractivity contribution in [2.45, 2.75) is 46.0 Å². The van der Waals surface area contributed by atoms with Crippen molar-refractivity contribution in [2.24, 2.45) is 0 Å². The molecule has 0 saturated heterocycles. The number of Topliss-reactive ketones (excluding diaryl/α,β-unsaturated/α-hetero) is 1. The number of benzene rings is 2. The van der Waals surface area contributed by atoms with E-state index in [0.29, 0.717) is 10.3 Å². The van der Waals surface area contributed by atoms with Crippen LogP contribution in [0.3, 0.4) is 0 Å². The molecule has 0 saturated carbocycles. The van der Waals surface area contributed by atoms with Gasteiger partial charge in [-0.05, 0) is 0 Å². The van der Waals surface area contributed by atoms with Crippen molar-refractivity contribution < 1.29 is 4.79 Å². The molecule has 0 atom stereocenters. The van der Waals surface area contributed by atoms with Gasteiger partial charge in [0.25, 0.3) is 0 Å². The van der Waals surface area contributed by atoms with Crippen LogP contribution in [0.15, 0.2) is 24.3 Å².